The normalized spacial score (nSPS) is 13.5. The molecular weight excluding hydrogens is 320 g/mol. The molecule has 0 N–H and O–H groups in total. The SMILES string of the molecule is Cc1ccc(OCCCN2C(=O)CCc3cc([N+](=O)[O-])ccc32)cc1. The number of carbonyl (C=O) groups excluding carboxylic acids is 1. The van der Waals surface area contributed by atoms with E-state index in [-0.39, 0.29) is 11.6 Å². The predicted octanol–water partition coefficient (Wildman–Crippen LogP) is 3.65. The first kappa shape index (κ1) is 17.0. The third kappa shape index (κ3) is 3.96. The average Bonchev–Trinajstić information content (AvgIpc) is 2.61. The second-order valence-electron chi connectivity index (χ2n) is 6.13. The summed E-state index contributed by atoms with van der Waals surface area (Å²) in [7, 11) is 0. The van der Waals surface area contributed by atoms with Gasteiger partial charge in [0.1, 0.15) is 5.75 Å². The van der Waals surface area contributed by atoms with Crippen LogP contribution < -0.4 is 9.64 Å². The first-order valence-electron chi connectivity index (χ1n) is 8.32. The fourth-order valence-electron chi connectivity index (χ4n) is 2.95. The molecule has 0 unspecified atom stereocenters. The van der Waals surface area contributed by atoms with E-state index in [1.54, 1.807) is 17.0 Å². The number of rotatable bonds is 6. The topological polar surface area (TPSA) is 72.7 Å². The summed E-state index contributed by atoms with van der Waals surface area (Å²) in [6.45, 7) is 3.07. The summed E-state index contributed by atoms with van der Waals surface area (Å²) in [6.07, 6.45) is 1.62. The van der Waals surface area contributed by atoms with Crippen LogP contribution in [0, 0.1) is 17.0 Å². The van der Waals surface area contributed by atoms with Crippen molar-refractivity contribution in [1.29, 1.82) is 0 Å². The molecule has 0 fully saturated rings. The number of hydrogen-bond acceptors (Lipinski definition) is 4. The lowest BCUT2D eigenvalue weighted by Gasteiger charge is -2.29. The summed E-state index contributed by atoms with van der Waals surface area (Å²) in [6, 6.07) is 12.5. The molecule has 2 aromatic carbocycles. The minimum atomic E-state index is -0.406. The van der Waals surface area contributed by atoms with Gasteiger partial charge in [-0.25, -0.2) is 0 Å². The third-order valence-electron chi connectivity index (χ3n) is 4.29. The van der Waals surface area contributed by atoms with E-state index >= 15 is 0 Å². The summed E-state index contributed by atoms with van der Waals surface area (Å²) in [5.74, 6) is 0.864. The number of nitro groups is 1. The number of hydrogen-bond donors (Lipinski definition) is 0. The smallest absolute Gasteiger partial charge is 0.269 e. The van der Waals surface area contributed by atoms with E-state index < -0.39 is 4.92 Å². The maximum absolute atomic E-state index is 12.2. The minimum absolute atomic E-state index is 0.0525. The zero-order valence-corrected chi connectivity index (χ0v) is 14.1. The molecule has 25 heavy (non-hydrogen) atoms. The molecule has 0 bridgehead atoms. The van der Waals surface area contributed by atoms with Crippen LogP contribution in [0.5, 0.6) is 5.75 Å². The highest BCUT2D eigenvalue weighted by atomic mass is 16.6. The van der Waals surface area contributed by atoms with Crippen molar-refractivity contribution in [2.45, 2.75) is 26.2 Å². The molecular formula is C19H20N2O4. The second kappa shape index (κ2) is 7.34. The van der Waals surface area contributed by atoms with Crippen LogP contribution in [0.1, 0.15) is 24.0 Å². The summed E-state index contributed by atoms with van der Waals surface area (Å²) >= 11 is 0. The molecule has 0 saturated carbocycles. The molecule has 6 nitrogen and oxygen atoms in total. The number of anilines is 1. The number of ether oxygens (including phenoxy) is 1. The quantitative estimate of drug-likeness (QED) is 0.457. The van der Waals surface area contributed by atoms with E-state index in [2.05, 4.69) is 0 Å². The van der Waals surface area contributed by atoms with Crippen molar-refractivity contribution in [2.24, 2.45) is 0 Å². The van der Waals surface area contributed by atoms with E-state index in [0.717, 1.165) is 17.0 Å². The number of non-ortho nitro benzene ring substituents is 1. The summed E-state index contributed by atoms with van der Waals surface area (Å²) in [5, 5.41) is 10.9. The van der Waals surface area contributed by atoms with Gasteiger partial charge in [-0.15, -0.1) is 0 Å². The second-order valence-corrected chi connectivity index (χ2v) is 6.13. The van der Waals surface area contributed by atoms with Crippen molar-refractivity contribution in [3.8, 4) is 5.75 Å². The summed E-state index contributed by atoms with van der Waals surface area (Å²) in [4.78, 5) is 24.4. The van der Waals surface area contributed by atoms with Gasteiger partial charge in [-0.1, -0.05) is 17.7 Å². The van der Waals surface area contributed by atoms with Crippen molar-refractivity contribution in [3.05, 3.63) is 63.7 Å². The van der Waals surface area contributed by atoms with Crippen molar-refractivity contribution in [3.63, 3.8) is 0 Å². The van der Waals surface area contributed by atoms with Crippen molar-refractivity contribution < 1.29 is 14.5 Å². The molecule has 0 radical (unpaired) electrons. The van der Waals surface area contributed by atoms with Crippen LogP contribution in [0.15, 0.2) is 42.5 Å². The van der Waals surface area contributed by atoms with E-state index in [1.165, 1.54) is 11.6 Å². The van der Waals surface area contributed by atoms with Crippen LogP contribution in [0.2, 0.25) is 0 Å². The van der Waals surface area contributed by atoms with Crippen molar-refractivity contribution in [2.75, 3.05) is 18.1 Å². The van der Waals surface area contributed by atoms with Crippen LogP contribution in [0.25, 0.3) is 0 Å². The van der Waals surface area contributed by atoms with Gasteiger partial charge in [-0.05, 0) is 43.5 Å². The fraction of sp³-hybridized carbons (Fsp3) is 0.316. The zero-order chi connectivity index (χ0) is 17.8. The van der Waals surface area contributed by atoms with Crippen LogP contribution in [0.4, 0.5) is 11.4 Å². The van der Waals surface area contributed by atoms with Crippen LogP contribution in [-0.2, 0) is 11.2 Å². The Hall–Kier alpha value is -2.89. The molecule has 2 aromatic rings. The maximum atomic E-state index is 12.2. The van der Waals surface area contributed by atoms with Gasteiger partial charge < -0.3 is 9.64 Å². The van der Waals surface area contributed by atoms with Crippen molar-refractivity contribution in [1.82, 2.24) is 0 Å². The van der Waals surface area contributed by atoms with Crippen LogP contribution in [-0.4, -0.2) is 24.0 Å². The molecule has 0 atom stereocenters. The Bertz CT molecular complexity index is 787. The molecule has 1 aliphatic rings. The molecule has 1 amide bonds. The number of amides is 1. The Kier molecular flexibility index (Phi) is 4.97. The standard InChI is InChI=1S/C19H20N2O4/c1-14-3-7-17(8-4-14)25-12-2-11-20-18-9-6-16(21(23)24)13-15(18)5-10-19(20)22/h3-4,6-9,13H,2,5,10-12H2,1H3. The zero-order valence-electron chi connectivity index (χ0n) is 14.1. The number of carbonyl (C=O) groups is 1. The van der Waals surface area contributed by atoms with Gasteiger partial charge in [-0.2, -0.15) is 0 Å². The van der Waals surface area contributed by atoms with Crippen LogP contribution >= 0.6 is 0 Å². The van der Waals surface area contributed by atoms with Gasteiger partial charge >= 0.3 is 0 Å². The van der Waals surface area contributed by atoms with Gasteiger partial charge in [0, 0.05) is 30.8 Å². The Morgan fingerprint density at radius 3 is 2.64 bits per heavy atom. The molecule has 0 aliphatic carbocycles. The number of aryl methyl sites for hydroxylation is 2. The Morgan fingerprint density at radius 2 is 1.92 bits per heavy atom. The van der Waals surface area contributed by atoms with Crippen molar-refractivity contribution >= 4 is 17.3 Å². The highest BCUT2D eigenvalue weighted by molar-refractivity contribution is 5.96. The van der Waals surface area contributed by atoms with E-state index in [0.29, 0.717) is 32.4 Å². The number of nitro benzene ring substituents is 1. The summed E-state index contributed by atoms with van der Waals surface area (Å²) in [5.41, 5.74) is 2.87. The molecule has 130 valence electrons. The molecule has 0 saturated heterocycles. The lowest BCUT2D eigenvalue weighted by molar-refractivity contribution is -0.384. The first-order chi connectivity index (χ1) is 12.0. The van der Waals surface area contributed by atoms with Gasteiger partial charge in [0.15, 0.2) is 0 Å². The number of nitrogens with zero attached hydrogens (tertiary/aromatic N) is 2. The first-order valence-corrected chi connectivity index (χ1v) is 8.32. The number of benzene rings is 2. The maximum Gasteiger partial charge on any atom is 0.269 e. The van der Waals surface area contributed by atoms with E-state index in [9.17, 15) is 14.9 Å². The predicted molar refractivity (Wildman–Crippen MR) is 95.1 cm³/mol. The molecule has 0 aromatic heterocycles. The molecule has 3 rings (SSSR count). The fourth-order valence-corrected chi connectivity index (χ4v) is 2.95. The average molecular weight is 340 g/mol. The molecule has 0 spiro atoms. The minimum Gasteiger partial charge on any atom is -0.494 e. The molecule has 1 aliphatic heterocycles. The summed E-state index contributed by atoms with van der Waals surface area (Å²) < 4.78 is 5.70. The molecule has 1 heterocycles. The number of fused-ring (bicyclic) bond motifs is 1. The highest BCUT2D eigenvalue weighted by Crippen LogP contribution is 2.31. The Balaban J connectivity index is 1.61. The lowest BCUT2D eigenvalue weighted by Crippen LogP contribution is -2.36. The third-order valence-corrected chi connectivity index (χ3v) is 4.29. The Labute approximate surface area is 146 Å². The molecule has 6 heteroatoms. The van der Waals surface area contributed by atoms with E-state index in [4.69, 9.17) is 4.74 Å². The monoisotopic (exact) mass is 340 g/mol. The lowest BCUT2D eigenvalue weighted by atomic mass is 10.0. The van der Waals surface area contributed by atoms with Gasteiger partial charge in [0.2, 0.25) is 5.91 Å². The van der Waals surface area contributed by atoms with Gasteiger partial charge in [-0.3, -0.25) is 14.9 Å². The largest absolute Gasteiger partial charge is 0.494 e. The van der Waals surface area contributed by atoms with E-state index in [1.807, 2.05) is 31.2 Å². The van der Waals surface area contributed by atoms with Gasteiger partial charge in [0.05, 0.1) is 11.5 Å². The Morgan fingerprint density at radius 1 is 1.16 bits per heavy atom. The van der Waals surface area contributed by atoms with Gasteiger partial charge in [0.25, 0.3) is 5.69 Å². The van der Waals surface area contributed by atoms with Crippen LogP contribution in [0.3, 0.4) is 0 Å². The highest BCUT2D eigenvalue weighted by Gasteiger charge is 2.25.